The number of rotatable bonds is 6. The van der Waals surface area contributed by atoms with Crippen molar-refractivity contribution in [1.29, 1.82) is 0 Å². The molecule has 0 spiro atoms. The monoisotopic (exact) mass is 427 g/mol. The molecule has 1 N–H and O–H groups in total. The molecule has 2 aromatic carbocycles. The van der Waals surface area contributed by atoms with Gasteiger partial charge >= 0.3 is 5.69 Å². The first-order valence-electron chi connectivity index (χ1n) is 10.1. The summed E-state index contributed by atoms with van der Waals surface area (Å²) in [6.45, 7) is 1.86. The van der Waals surface area contributed by atoms with Crippen LogP contribution in [0.25, 0.3) is 5.69 Å². The fraction of sp³-hybridized carbons (Fsp3) is 0.125. The van der Waals surface area contributed by atoms with Crippen LogP contribution >= 0.6 is 0 Å². The molecule has 0 aliphatic heterocycles. The van der Waals surface area contributed by atoms with E-state index in [-0.39, 0.29) is 12.2 Å². The zero-order valence-electron chi connectivity index (χ0n) is 17.4. The van der Waals surface area contributed by atoms with Gasteiger partial charge in [0.15, 0.2) is 0 Å². The lowest BCUT2D eigenvalue weighted by Crippen LogP contribution is -2.47. The van der Waals surface area contributed by atoms with Crippen LogP contribution in [0.1, 0.15) is 34.7 Å². The normalized spacial score (nSPS) is 11.7. The number of amides is 1. The van der Waals surface area contributed by atoms with E-state index in [9.17, 15) is 14.4 Å². The summed E-state index contributed by atoms with van der Waals surface area (Å²) in [5.41, 5.74) is 0.0981. The maximum Gasteiger partial charge on any atom is 0.352 e. The zero-order valence-corrected chi connectivity index (χ0v) is 17.4. The summed E-state index contributed by atoms with van der Waals surface area (Å²) in [6, 6.07) is 22.6. The summed E-state index contributed by atoms with van der Waals surface area (Å²) in [5, 5.41) is 6.80. The Morgan fingerprint density at radius 1 is 0.938 bits per heavy atom. The number of carbonyl (C=O) groups excluding carboxylic acids is 1. The van der Waals surface area contributed by atoms with Crippen molar-refractivity contribution in [3.63, 3.8) is 0 Å². The number of nitrogens with zero attached hydrogens (tertiary/aromatic N) is 4. The summed E-state index contributed by atoms with van der Waals surface area (Å²) in [7, 11) is 0. The molecule has 0 aliphatic rings. The van der Waals surface area contributed by atoms with Crippen molar-refractivity contribution in [3.05, 3.63) is 123 Å². The Kier molecular flexibility index (Phi) is 6.03. The Labute approximate surface area is 183 Å². The van der Waals surface area contributed by atoms with E-state index in [1.54, 1.807) is 61.7 Å². The van der Waals surface area contributed by atoms with Crippen LogP contribution in [-0.2, 0) is 6.54 Å². The molecule has 32 heavy (non-hydrogen) atoms. The van der Waals surface area contributed by atoms with Crippen molar-refractivity contribution < 1.29 is 4.79 Å². The van der Waals surface area contributed by atoms with E-state index in [4.69, 9.17) is 0 Å². The highest BCUT2D eigenvalue weighted by Gasteiger charge is 2.23. The van der Waals surface area contributed by atoms with E-state index < -0.39 is 23.2 Å². The second-order valence-corrected chi connectivity index (χ2v) is 7.14. The molecule has 1 amide bonds. The first kappa shape index (κ1) is 20.9. The number of aromatic nitrogens is 4. The Balaban J connectivity index is 1.81. The SMILES string of the molecule is C[C@H](c1ccccc1)n1c(=O)c(C(=O)NCc2ccccn2)nn(-c2ccccc2)c1=O. The van der Waals surface area contributed by atoms with Gasteiger partial charge < -0.3 is 5.32 Å². The van der Waals surface area contributed by atoms with Crippen LogP contribution in [0, 0.1) is 0 Å². The molecule has 8 nitrogen and oxygen atoms in total. The van der Waals surface area contributed by atoms with Gasteiger partial charge in [-0.3, -0.25) is 14.6 Å². The molecule has 0 radical (unpaired) electrons. The number of para-hydroxylation sites is 1. The maximum absolute atomic E-state index is 13.3. The number of benzene rings is 2. The van der Waals surface area contributed by atoms with Crippen LogP contribution in [-0.4, -0.2) is 25.2 Å². The van der Waals surface area contributed by atoms with Gasteiger partial charge in [0, 0.05) is 6.20 Å². The van der Waals surface area contributed by atoms with Crippen molar-refractivity contribution in [2.75, 3.05) is 0 Å². The maximum atomic E-state index is 13.3. The molecular weight excluding hydrogens is 406 g/mol. The van der Waals surface area contributed by atoms with Crippen LogP contribution in [0.5, 0.6) is 0 Å². The van der Waals surface area contributed by atoms with Gasteiger partial charge in [0.2, 0.25) is 5.69 Å². The van der Waals surface area contributed by atoms with Crippen molar-refractivity contribution in [2.45, 2.75) is 19.5 Å². The van der Waals surface area contributed by atoms with E-state index in [1.807, 2.05) is 30.3 Å². The molecule has 4 aromatic rings. The minimum Gasteiger partial charge on any atom is -0.345 e. The molecule has 0 unspecified atom stereocenters. The van der Waals surface area contributed by atoms with Gasteiger partial charge in [-0.05, 0) is 36.8 Å². The minimum atomic E-state index is -0.753. The second-order valence-electron chi connectivity index (χ2n) is 7.14. The highest BCUT2D eigenvalue weighted by Crippen LogP contribution is 2.14. The fourth-order valence-corrected chi connectivity index (χ4v) is 3.35. The Bertz CT molecular complexity index is 1330. The van der Waals surface area contributed by atoms with Gasteiger partial charge in [-0.15, -0.1) is 0 Å². The standard InChI is InChI=1S/C24H21N5O3/c1-17(18-10-4-2-5-11-18)28-23(31)21(22(30)26-16-19-12-8-9-15-25-19)27-29(24(28)32)20-13-6-3-7-14-20/h2-15,17H,16H2,1H3,(H,26,30)/t17-/m1/s1. The first-order chi connectivity index (χ1) is 15.6. The van der Waals surface area contributed by atoms with Crippen molar-refractivity contribution in [1.82, 2.24) is 24.6 Å². The van der Waals surface area contributed by atoms with Crippen LogP contribution in [0.2, 0.25) is 0 Å². The van der Waals surface area contributed by atoms with Gasteiger partial charge in [-0.1, -0.05) is 54.6 Å². The summed E-state index contributed by atoms with van der Waals surface area (Å²) in [6.07, 6.45) is 1.61. The molecule has 0 saturated heterocycles. The van der Waals surface area contributed by atoms with Gasteiger partial charge in [-0.25, -0.2) is 9.36 Å². The lowest BCUT2D eigenvalue weighted by atomic mass is 10.1. The van der Waals surface area contributed by atoms with E-state index >= 15 is 0 Å². The number of nitrogens with one attached hydrogen (secondary N) is 1. The van der Waals surface area contributed by atoms with E-state index in [0.29, 0.717) is 11.4 Å². The molecule has 4 rings (SSSR count). The Morgan fingerprint density at radius 3 is 2.25 bits per heavy atom. The largest absolute Gasteiger partial charge is 0.352 e. The van der Waals surface area contributed by atoms with Crippen LogP contribution in [0.15, 0.2) is 94.6 Å². The molecule has 2 aromatic heterocycles. The summed E-state index contributed by atoms with van der Waals surface area (Å²) >= 11 is 0. The van der Waals surface area contributed by atoms with Crippen LogP contribution in [0.3, 0.4) is 0 Å². The van der Waals surface area contributed by atoms with Crippen molar-refractivity contribution in [3.8, 4) is 5.69 Å². The Hall–Kier alpha value is -4.33. The fourth-order valence-electron chi connectivity index (χ4n) is 3.35. The average Bonchev–Trinajstić information content (AvgIpc) is 2.84. The molecule has 2 heterocycles. The highest BCUT2D eigenvalue weighted by molar-refractivity contribution is 5.91. The topological polar surface area (TPSA) is 98.9 Å². The first-order valence-corrected chi connectivity index (χ1v) is 10.1. The minimum absolute atomic E-state index is 0.124. The predicted octanol–water partition coefficient (Wildman–Crippen LogP) is 2.33. The van der Waals surface area contributed by atoms with E-state index in [0.717, 1.165) is 14.8 Å². The third-order valence-electron chi connectivity index (χ3n) is 5.05. The number of carbonyl (C=O) groups is 1. The third kappa shape index (κ3) is 4.24. The van der Waals surface area contributed by atoms with Crippen molar-refractivity contribution in [2.24, 2.45) is 0 Å². The molecule has 0 fully saturated rings. The Morgan fingerprint density at radius 2 is 1.59 bits per heavy atom. The third-order valence-corrected chi connectivity index (χ3v) is 5.05. The second kappa shape index (κ2) is 9.22. The quantitative estimate of drug-likeness (QED) is 0.509. The van der Waals surface area contributed by atoms with Crippen LogP contribution < -0.4 is 16.6 Å². The van der Waals surface area contributed by atoms with E-state index in [1.165, 1.54) is 0 Å². The molecule has 8 heteroatoms. The number of pyridine rings is 1. The summed E-state index contributed by atoms with van der Waals surface area (Å²) in [4.78, 5) is 43.6. The molecule has 0 bridgehead atoms. The molecular formula is C24H21N5O3. The molecule has 0 saturated carbocycles. The predicted molar refractivity (Wildman–Crippen MR) is 120 cm³/mol. The molecule has 1 atom stereocenters. The smallest absolute Gasteiger partial charge is 0.345 e. The lowest BCUT2D eigenvalue weighted by molar-refractivity contribution is 0.0940. The highest BCUT2D eigenvalue weighted by atomic mass is 16.2. The molecule has 160 valence electrons. The van der Waals surface area contributed by atoms with Gasteiger partial charge in [0.1, 0.15) is 0 Å². The zero-order chi connectivity index (χ0) is 22.5. The summed E-state index contributed by atoms with van der Waals surface area (Å²) < 4.78 is 2.14. The van der Waals surface area contributed by atoms with Crippen molar-refractivity contribution >= 4 is 5.91 Å². The molecule has 0 aliphatic carbocycles. The average molecular weight is 427 g/mol. The summed E-state index contributed by atoms with van der Waals surface area (Å²) in [5.74, 6) is -0.681. The van der Waals surface area contributed by atoms with Gasteiger partial charge in [0.25, 0.3) is 11.5 Å². The van der Waals surface area contributed by atoms with Gasteiger partial charge in [-0.2, -0.15) is 9.78 Å². The van der Waals surface area contributed by atoms with Gasteiger partial charge in [0.05, 0.1) is 24.0 Å². The van der Waals surface area contributed by atoms with E-state index in [2.05, 4.69) is 15.4 Å². The van der Waals surface area contributed by atoms with Crippen LogP contribution in [0.4, 0.5) is 0 Å². The number of hydrogen-bond acceptors (Lipinski definition) is 5. The number of hydrogen-bond donors (Lipinski definition) is 1. The lowest BCUT2D eigenvalue weighted by Gasteiger charge is -2.17.